The summed E-state index contributed by atoms with van der Waals surface area (Å²) in [5.41, 5.74) is 10.4. The maximum Gasteiger partial charge on any atom is 0.149 e. The van der Waals surface area contributed by atoms with Gasteiger partial charge in [-0.15, -0.1) is 0 Å². The highest BCUT2D eigenvalue weighted by atomic mass is 16.5. The number of benzene rings is 8. The minimum Gasteiger partial charge on any atom is -0.496 e. The molecule has 0 amide bonds. The summed E-state index contributed by atoms with van der Waals surface area (Å²) < 4.78 is 109. The molecule has 8 aromatic carbocycles. The molecule has 0 spiro atoms. The maximum atomic E-state index is 8.84. The molecule has 0 atom stereocenters. The molecular weight excluding hydrogens is 803 g/mol. The predicted molar refractivity (Wildman–Crippen MR) is 276 cm³/mol. The lowest BCUT2D eigenvalue weighted by molar-refractivity contribution is 0.413. The lowest BCUT2D eigenvalue weighted by Gasteiger charge is -2.20. The van der Waals surface area contributed by atoms with E-state index < -0.39 is 32.8 Å². The summed E-state index contributed by atoms with van der Waals surface area (Å²) in [7, 11) is 1.65. The third-order valence-electron chi connectivity index (χ3n) is 12.2. The van der Waals surface area contributed by atoms with Crippen molar-refractivity contribution in [3.63, 3.8) is 0 Å². The Morgan fingerprint density at radius 2 is 1.15 bits per heavy atom. The first-order valence-corrected chi connectivity index (χ1v) is 21.8. The fourth-order valence-electron chi connectivity index (χ4n) is 9.04. The molecule has 2 aromatic heterocycles. The second-order valence-corrected chi connectivity index (χ2v) is 16.7. The van der Waals surface area contributed by atoms with E-state index in [-0.39, 0.29) is 11.1 Å². The Kier molecular flexibility index (Phi) is 7.95. The van der Waals surface area contributed by atoms with Gasteiger partial charge in [-0.25, -0.2) is 4.98 Å². The Bertz CT molecular complexity index is 3810. The minimum absolute atomic E-state index is 0.212. The number of hydrogen-bond donors (Lipinski definition) is 0. The van der Waals surface area contributed by atoms with Crippen LogP contribution in [0.3, 0.4) is 0 Å². The summed E-state index contributed by atoms with van der Waals surface area (Å²) in [6.07, 6.45) is 1.66. The fraction of sp³-hybridized carbons (Fsp3) is 0.129. The number of para-hydroxylation sites is 1. The van der Waals surface area contributed by atoms with Crippen LogP contribution in [-0.2, 0) is 5.41 Å². The summed E-state index contributed by atoms with van der Waals surface area (Å²) in [5.74, 6) is 1.22. The molecule has 322 valence electrons. The van der Waals surface area contributed by atoms with Crippen molar-refractivity contribution in [2.24, 2.45) is 0 Å². The number of ether oxygens (including phenoxy) is 1. The molecule has 2 heterocycles. The first kappa shape index (κ1) is 30.3. The van der Waals surface area contributed by atoms with Crippen molar-refractivity contribution in [1.29, 1.82) is 0 Å². The van der Waals surface area contributed by atoms with E-state index in [1.165, 1.54) is 12.1 Å². The minimum atomic E-state index is -3.39. The summed E-state index contributed by atoms with van der Waals surface area (Å²) in [5, 5.41) is 0. The van der Waals surface area contributed by atoms with Gasteiger partial charge in [0.25, 0.3) is 0 Å². The van der Waals surface area contributed by atoms with Gasteiger partial charge in [-0.2, -0.15) is 0 Å². The van der Waals surface area contributed by atoms with Crippen molar-refractivity contribution < 1.29 is 21.2 Å². The Labute approximate surface area is 405 Å². The van der Waals surface area contributed by atoms with Crippen molar-refractivity contribution in [1.82, 2.24) is 14.5 Å². The molecule has 66 heavy (non-hydrogen) atoms. The van der Waals surface area contributed by atoms with Crippen LogP contribution in [0.4, 0.5) is 0 Å². The Morgan fingerprint density at radius 3 is 1.83 bits per heavy atom. The molecule has 0 fully saturated rings. The van der Waals surface area contributed by atoms with Gasteiger partial charge in [0, 0.05) is 39.3 Å². The van der Waals surface area contributed by atoms with Crippen molar-refractivity contribution >= 4 is 11.0 Å². The van der Waals surface area contributed by atoms with E-state index in [1.54, 1.807) is 37.6 Å². The van der Waals surface area contributed by atoms with Crippen LogP contribution < -0.4 is 4.74 Å². The standard InChI is InChI=1S/C62H53N3O/c1-40-32-42(3)60(66-7)55(33-40)61-64-59-52(24-17-25-57(59)65(61)58-39-53(45-20-13-9-14-21-45)41(2)34-54(58)46-22-15-10-16-23-46)49-35-48(43-18-11-8-12-19-43)36-50(37-49)56-38-47(30-31-63-56)44-26-28-51(29-27-44)62(4,5)6/h8-39H,1-7H3/i2D3,4D3,5D3,6D3. The molecule has 10 aromatic rings. The highest BCUT2D eigenvalue weighted by Gasteiger charge is 2.25. The molecule has 0 saturated heterocycles. The average Bonchev–Trinajstić information content (AvgIpc) is 3.97. The Balaban J connectivity index is 1.22. The first-order chi connectivity index (χ1) is 37.0. The monoisotopic (exact) mass is 867 g/mol. The molecule has 0 bridgehead atoms. The summed E-state index contributed by atoms with van der Waals surface area (Å²) >= 11 is 0. The van der Waals surface area contributed by atoms with Gasteiger partial charge in [0.15, 0.2) is 0 Å². The maximum absolute atomic E-state index is 8.84. The summed E-state index contributed by atoms with van der Waals surface area (Å²) in [6, 6.07) is 58.7. The zero-order valence-corrected chi connectivity index (χ0v) is 36.7. The fourth-order valence-corrected chi connectivity index (χ4v) is 9.04. The molecule has 0 unspecified atom stereocenters. The molecule has 4 heteroatoms. The van der Waals surface area contributed by atoms with Crippen molar-refractivity contribution in [3.8, 4) is 89.7 Å². The number of fused-ring (bicyclic) bond motifs is 1. The number of pyridine rings is 1. The SMILES string of the molecule is [2H]C([2H])([2H])c1cc(-c2ccccc2)c(-n2c(-c3cc(C)cc(C)c3OC)nc3c(-c4cc(-c5ccccc5)cc(-c5cc(-c6ccc(C(C([2H])([2H])[2H])(C([2H])([2H])[2H])C([2H])([2H])[2H])cc6)ccn5)c4)cccc32)cc1-c1ccccc1. The number of methoxy groups -OCH3 is 1. The zero-order chi connectivity index (χ0) is 55.5. The van der Waals surface area contributed by atoms with E-state index in [0.29, 0.717) is 50.7 Å². The molecule has 4 nitrogen and oxygen atoms in total. The van der Waals surface area contributed by atoms with Gasteiger partial charge in [-0.1, -0.05) is 154 Å². The summed E-state index contributed by atoms with van der Waals surface area (Å²) in [6.45, 7) is -8.61. The lowest BCUT2D eigenvalue weighted by atomic mass is 9.86. The number of hydrogen-bond acceptors (Lipinski definition) is 3. The van der Waals surface area contributed by atoms with Gasteiger partial charge in [0.2, 0.25) is 0 Å². The van der Waals surface area contributed by atoms with E-state index >= 15 is 0 Å². The van der Waals surface area contributed by atoms with Gasteiger partial charge in [-0.05, 0) is 147 Å². The van der Waals surface area contributed by atoms with Crippen LogP contribution in [0.15, 0.2) is 194 Å². The molecule has 0 N–H and O–H groups in total. The third-order valence-corrected chi connectivity index (χ3v) is 12.2. The predicted octanol–water partition coefficient (Wildman–Crippen LogP) is 16.3. The van der Waals surface area contributed by atoms with E-state index in [4.69, 9.17) is 31.2 Å². The molecule has 0 aliphatic rings. The van der Waals surface area contributed by atoms with Crippen LogP contribution >= 0.6 is 0 Å². The number of imidazole rings is 1. The smallest absolute Gasteiger partial charge is 0.149 e. The first-order valence-electron chi connectivity index (χ1n) is 27.8. The third kappa shape index (κ3) is 8.01. The summed E-state index contributed by atoms with van der Waals surface area (Å²) in [4.78, 5) is 10.5. The van der Waals surface area contributed by atoms with Gasteiger partial charge < -0.3 is 4.74 Å². The number of aryl methyl sites for hydroxylation is 3. The van der Waals surface area contributed by atoms with Crippen molar-refractivity contribution in [2.75, 3.05) is 7.11 Å². The number of rotatable bonds is 9. The van der Waals surface area contributed by atoms with Crippen LogP contribution in [0.5, 0.6) is 5.75 Å². The van der Waals surface area contributed by atoms with Crippen LogP contribution in [-0.4, -0.2) is 21.6 Å². The largest absolute Gasteiger partial charge is 0.496 e. The van der Waals surface area contributed by atoms with Gasteiger partial charge >= 0.3 is 0 Å². The van der Waals surface area contributed by atoms with Crippen LogP contribution in [0.2, 0.25) is 0 Å². The topological polar surface area (TPSA) is 39.9 Å². The van der Waals surface area contributed by atoms with Crippen LogP contribution in [0.1, 0.15) is 59.3 Å². The normalized spacial score (nSPS) is 15.0. The van der Waals surface area contributed by atoms with Crippen molar-refractivity contribution in [2.45, 2.75) is 46.7 Å². The molecule has 0 aliphatic carbocycles. The zero-order valence-electron chi connectivity index (χ0n) is 48.7. The highest BCUT2D eigenvalue weighted by molar-refractivity contribution is 5.99. The molecule has 0 saturated carbocycles. The highest BCUT2D eigenvalue weighted by Crippen LogP contribution is 2.44. The Morgan fingerprint density at radius 1 is 0.500 bits per heavy atom. The van der Waals surface area contributed by atoms with Crippen LogP contribution in [0, 0.1) is 20.7 Å². The van der Waals surface area contributed by atoms with Gasteiger partial charge in [0.05, 0.1) is 35.1 Å². The molecule has 10 rings (SSSR count). The van der Waals surface area contributed by atoms with Crippen molar-refractivity contribution in [3.05, 3.63) is 217 Å². The van der Waals surface area contributed by atoms with Gasteiger partial charge in [-0.3, -0.25) is 9.55 Å². The Hall–Kier alpha value is -7.82. The quantitative estimate of drug-likeness (QED) is 0.145. The van der Waals surface area contributed by atoms with Gasteiger partial charge in [0.1, 0.15) is 11.6 Å². The molecule has 0 aliphatic heterocycles. The molecule has 0 radical (unpaired) electrons. The second-order valence-electron chi connectivity index (χ2n) is 16.7. The number of aromatic nitrogens is 3. The van der Waals surface area contributed by atoms with Crippen LogP contribution in [0.25, 0.3) is 95.0 Å². The lowest BCUT2D eigenvalue weighted by Crippen LogP contribution is -2.10. The van der Waals surface area contributed by atoms with E-state index in [1.807, 2.05) is 135 Å². The van der Waals surface area contributed by atoms with E-state index in [0.717, 1.165) is 61.2 Å². The second kappa shape index (κ2) is 17.3. The number of nitrogens with zero attached hydrogens (tertiary/aromatic N) is 3. The molecular formula is C62H53N3O. The van der Waals surface area contributed by atoms with E-state index in [2.05, 4.69) is 34.9 Å². The van der Waals surface area contributed by atoms with E-state index in [9.17, 15) is 0 Å². The average molecular weight is 868 g/mol.